The number of hydrogen-bond donors (Lipinski definition) is 2. The van der Waals surface area contributed by atoms with E-state index in [4.69, 9.17) is 0 Å². The zero-order valence-corrected chi connectivity index (χ0v) is 13.3. The van der Waals surface area contributed by atoms with Crippen LogP contribution < -0.4 is 10.0 Å². The quantitative estimate of drug-likeness (QED) is 0.709. The highest BCUT2D eigenvalue weighted by Crippen LogP contribution is 2.18. The monoisotopic (exact) mass is 291 g/mol. The number of nitrogens with zero attached hydrogens (tertiary/aromatic N) is 1. The molecule has 0 atom stereocenters. The Hall–Kier alpha value is -0.170. The molecule has 0 aliphatic carbocycles. The van der Waals surface area contributed by atoms with Gasteiger partial charge < -0.3 is 5.32 Å². The maximum atomic E-state index is 12.2. The van der Waals surface area contributed by atoms with Crippen LogP contribution in [0.1, 0.15) is 46.5 Å². The van der Waals surface area contributed by atoms with Crippen LogP contribution in [0.4, 0.5) is 0 Å². The second kappa shape index (κ2) is 8.19. The van der Waals surface area contributed by atoms with Gasteiger partial charge in [-0.25, -0.2) is 0 Å². The summed E-state index contributed by atoms with van der Waals surface area (Å²) in [6.07, 6.45) is 3.59. The minimum Gasteiger partial charge on any atom is -0.317 e. The molecule has 1 saturated heterocycles. The van der Waals surface area contributed by atoms with Crippen molar-refractivity contribution in [3.8, 4) is 0 Å². The molecule has 0 radical (unpaired) electrons. The molecule has 1 heterocycles. The fourth-order valence-electron chi connectivity index (χ4n) is 2.44. The summed E-state index contributed by atoms with van der Waals surface area (Å²) in [4.78, 5) is 0. The minimum absolute atomic E-state index is 0.0597. The van der Waals surface area contributed by atoms with Gasteiger partial charge in [-0.15, -0.1) is 0 Å². The lowest BCUT2D eigenvalue weighted by molar-refractivity contribution is 0.264. The largest absolute Gasteiger partial charge is 0.317 e. The van der Waals surface area contributed by atoms with E-state index in [1.165, 1.54) is 0 Å². The predicted molar refractivity (Wildman–Crippen MR) is 79.3 cm³/mol. The molecule has 0 bridgehead atoms. The van der Waals surface area contributed by atoms with Crippen molar-refractivity contribution in [2.75, 3.05) is 26.2 Å². The summed E-state index contributed by atoms with van der Waals surface area (Å²) in [7, 11) is -3.29. The van der Waals surface area contributed by atoms with Crippen molar-refractivity contribution in [1.29, 1.82) is 0 Å². The molecule has 0 amide bonds. The highest BCUT2D eigenvalue weighted by molar-refractivity contribution is 7.87. The third-order valence-electron chi connectivity index (χ3n) is 3.90. The Morgan fingerprint density at radius 3 is 2.21 bits per heavy atom. The lowest BCUT2D eigenvalue weighted by Crippen LogP contribution is -2.48. The topological polar surface area (TPSA) is 61.4 Å². The summed E-state index contributed by atoms with van der Waals surface area (Å²) in [5.74, 6) is 0.611. The zero-order chi connectivity index (χ0) is 14.3. The van der Waals surface area contributed by atoms with Crippen LogP contribution in [0.5, 0.6) is 0 Å². The third kappa shape index (κ3) is 5.38. The molecule has 1 aliphatic rings. The molecular weight excluding hydrogens is 262 g/mol. The standard InChI is InChI=1S/C13H29N3O2S/c1-4-13(5-2)15-19(17,18)16-9-7-12(8-10-16)11-14-6-3/h12-15H,4-11H2,1-3H3. The van der Waals surface area contributed by atoms with E-state index < -0.39 is 10.2 Å². The first-order chi connectivity index (χ1) is 9.03. The van der Waals surface area contributed by atoms with Gasteiger partial charge in [-0.3, -0.25) is 0 Å². The summed E-state index contributed by atoms with van der Waals surface area (Å²) in [6.45, 7) is 9.40. The maximum Gasteiger partial charge on any atom is 0.279 e. The van der Waals surface area contributed by atoms with E-state index in [2.05, 4.69) is 17.0 Å². The van der Waals surface area contributed by atoms with Crippen molar-refractivity contribution < 1.29 is 8.42 Å². The predicted octanol–water partition coefficient (Wildman–Crippen LogP) is 1.33. The number of piperidine rings is 1. The Kier molecular flexibility index (Phi) is 7.28. The van der Waals surface area contributed by atoms with Crippen LogP contribution in [0.3, 0.4) is 0 Å². The van der Waals surface area contributed by atoms with Crippen LogP contribution in [0.2, 0.25) is 0 Å². The molecule has 0 aromatic rings. The zero-order valence-electron chi connectivity index (χ0n) is 12.5. The van der Waals surface area contributed by atoms with E-state index >= 15 is 0 Å². The lowest BCUT2D eigenvalue weighted by atomic mass is 9.98. The van der Waals surface area contributed by atoms with E-state index in [9.17, 15) is 8.42 Å². The van der Waals surface area contributed by atoms with Crippen LogP contribution in [-0.4, -0.2) is 44.9 Å². The van der Waals surface area contributed by atoms with Crippen LogP contribution in [0.15, 0.2) is 0 Å². The van der Waals surface area contributed by atoms with Crippen molar-refractivity contribution in [2.24, 2.45) is 5.92 Å². The van der Waals surface area contributed by atoms with E-state index in [1.807, 2.05) is 13.8 Å². The van der Waals surface area contributed by atoms with Gasteiger partial charge in [0.1, 0.15) is 0 Å². The molecule has 0 spiro atoms. The molecular formula is C13H29N3O2S. The van der Waals surface area contributed by atoms with Gasteiger partial charge in [0.2, 0.25) is 0 Å². The van der Waals surface area contributed by atoms with Crippen molar-refractivity contribution in [3.05, 3.63) is 0 Å². The molecule has 0 unspecified atom stereocenters. The molecule has 0 aromatic heterocycles. The summed E-state index contributed by atoms with van der Waals surface area (Å²) >= 11 is 0. The summed E-state index contributed by atoms with van der Waals surface area (Å²) in [6, 6.07) is 0.0597. The average molecular weight is 291 g/mol. The van der Waals surface area contributed by atoms with Gasteiger partial charge in [0.25, 0.3) is 10.2 Å². The highest BCUT2D eigenvalue weighted by atomic mass is 32.2. The smallest absolute Gasteiger partial charge is 0.279 e. The van der Waals surface area contributed by atoms with Crippen LogP contribution in [0, 0.1) is 5.92 Å². The van der Waals surface area contributed by atoms with Gasteiger partial charge in [-0.05, 0) is 44.7 Å². The molecule has 6 heteroatoms. The molecule has 114 valence electrons. The molecule has 5 nitrogen and oxygen atoms in total. The van der Waals surface area contributed by atoms with Gasteiger partial charge >= 0.3 is 0 Å². The first-order valence-electron chi connectivity index (χ1n) is 7.51. The number of rotatable bonds is 8. The Labute approximate surface area is 118 Å². The summed E-state index contributed by atoms with van der Waals surface area (Å²) < 4.78 is 28.9. The van der Waals surface area contributed by atoms with Crippen molar-refractivity contribution >= 4 is 10.2 Å². The first kappa shape index (κ1) is 16.9. The van der Waals surface area contributed by atoms with Crippen LogP contribution in [0.25, 0.3) is 0 Å². The summed E-state index contributed by atoms with van der Waals surface area (Å²) in [5.41, 5.74) is 0. The van der Waals surface area contributed by atoms with E-state index in [0.29, 0.717) is 19.0 Å². The Morgan fingerprint density at radius 1 is 1.16 bits per heavy atom. The molecule has 19 heavy (non-hydrogen) atoms. The number of hydrogen-bond acceptors (Lipinski definition) is 3. The SMILES string of the molecule is CCNCC1CCN(S(=O)(=O)NC(CC)CC)CC1. The first-order valence-corrected chi connectivity index (χ1v) is 8.95. The summed E-state index contributed by atoms with van der Waals surface area (Å²) in [5, 5.41) is 3.34. The van der Waals surface area contributed by atoms with E-state index in [0.717, 1.165) is 38.8 Å². The lowest BCUT2D eigenvalue weighted by Gasteiger charge is -2.32. The fraction of sp³-hybridized carbons (Fsp3) is 1.00. The Morgan fingerprint density at radius 2 is 1.74 bits per heavy atom. The molecule has 1 aliphatic heterocycles. The van der Waals surface area contributed by atoms with Gasteiger partial charge in [0, 0.05) is 19.1 Å². The van der Waals surface area contributed by atoms with E-state index in [1.54, 1.807) is 4.31 Å². The Balaban J connectivity index is 2.45. The Bertz CT molecular complexity index is 334. The van der Waals surface area contributed by atoms with Gasteiger partial charge in [0.05, 0.1) is 0 Å². The van der Waals surface area contributed by atoms with E-state index in [-0.39, 0.29) is 6.04 Å². The van der Waals surface area contributed by atoms with Gasteiger partial charge in [0.15, 0.2) is 0 Å². The minimum atomic E-state index is -3.29. The molecule has 1 rings (SSSR count). The third-order valence-corrected chi connectivity index (χ3v) is 5.57. The molecule has 1 fully saturated rings. The number of nitrogens with one attached hydrogen (secondary N) is 2. The van der Waals surface area contributed by atoms with Crippen LogP contribution in [-0.2, 0) is 10.2 Å². The average Bonchev–Trinajstić information content (AvgIpc) is 2.43. The van der Waals surface area contributed by atoms with Gasteiger partial charge in [-0.2, -0.15) is 17.4 Å². The highest BCUT2D eigenvalue weighted by Gasteiger charge is 2.28. The molecule has 0 aromatic carbocycles. The van der Waals surface area contributed by atoms with Crippen LogP contribution >= 0.6 is 0 Å². The van der Waals surface area contributed by atoms with Crippen molar-refractivity contribution in [2.45, 2.75) is 52.5 Å². The van der Waals surface area contributed by atoms with Crippen molar-refractivity contribution in [3.63, 3.8) is 0 Å². The van der Waals surface area contributed by atoms with Crippen molar-refractivity contribution in [1.82, 2.24) is 14.3 Å². The second-order valence-corrected chi connectivity index (χ2v) is 6.99. The normalized spacial score (nSPS) is 19.2. The maximum absolute atomic E-state index is 12.2. The second-order valence-electron chi connectivity index (χ2n) is 5.29. The molecule has 0 saturated carbocycles. The molecule has 2 N–H and O–H groups in total. The van der Waals surface area contributed by atoms with Gasteiger partial charge in [-0.1, -0.05) is 20.8 Å². The fourth-order valence-corrected chi connectivity index (χ4v) is 4.04.